The molecule has 10 nitrogen and oxygen atoms in total. The fraction of sp³-hybridized carbons (Fsp3) is 0.125. The molecular weight excluding hydrogens is 361 g/mol. The zero-order valence-corrected chi connectivity index (χ0v) is 17.0. The first-order chi connectivity index (χ1) is 12.5. The molecule has 3 N–H and O–H groups in total. The number of amides is 2. The van der Waals surface area contributed by atoms with Crippen LogP contribution >= 0.6 is 0 Å². The monoisotopic (exact) mass is 376 g/mol. The molecular formula is C16H15N7NaO3+. The van der Waals surface area contributed by atoms with Gasteiger partial charge in [0.2, 0.25) is 5.91 Å². The minimum Gasteiger partial charge on any atom is -0.497 e. The van der Waals surface area contributed by atoms with E-state index in [9.17, 15) is 9.59 Å². The van der Waals surface area contributed by atoms with Crippen molar-refractivity contribution in [3.63, 3.8) is 0 Å². The molecule has 0 fully saturated rings. The molecule has 0 spiro atoms. The summed E-state index contributed by atoms with van der Waals surface area (Å²) in [6, 6.07) is 10.3. The maximum Gasteiger partial charge on any atom is 1.00 e. The number of nitrogens with one attached hydrogen (secondary N) is 3. The van der Waals surface area contributed by atoms with E-state index in [0.29, 0.717) is 17.1 Å². The topological polar surface area (TPSA) is 135 Å². The van der Waals surface area contributed by atoms with Gasteiger partial charge in [-0.25, -0.2) is 4.98 Å². The molecule has 0 saturated carbocycles. The molecule has 0 atom stereocenters. The largest absolute Gasteiger partial charge is 1.00 e. The zero-order chi connectivity index (χ0) is 18.5. The normalized spacial score (nSPS) is 9.85. The Kier molecular flexibility index (Phi) is 6.99. The molecule has 0 bridgehead atoms. The average molecular weight is 376 g/mol. The van der Waals surface area contributed by atoms with E-state index in [1.165, 1.54) is 20.1 Å². The summed E-state index contributed by atoms with van der Waals surface area (Å²) < 4.78 is 5.25. The second kappa shape index (κ2) is 9.21. The van der Waals surface area contributed by atoms with Crippen LogP contribution in [0, 0.1) is 0 Å². The van der Waals surface area contributed by atoms with Gasteiger partial charge < -0.3 is 10.1 Å². The van der Waals surface area contributed by atoms with E-state index in [1.54, 1.807) is 30.3 Å². The van der Waals surface area contributed by atoms with Crippen LogP contribution in [0.3, 0.4) is 0 Å². The van der Waals surface area contributed by atoms with Crippen LogP contribution in [0.5, 0.6) is 5.75 Å². The van der Waals surface area contributed by atoms with E-state index < -0.39 is 5.91 Å². The number of aromatic amines is 1. The van der Waals surface area contributed by atoms with Crippen molar-refractivity contribution in [1.29, 1.82) is 0 Å². The molecule has 0 saturated heterocycles. The molecule has 3 aromatic rings. The van der Waals surface area contributed by atoms with Crippen molar-refractivity contribution in [2.24, 2.45) is 0 Å². The summed E-state index contributed by atoms with van der Waals surface area (Å²) in [5.41, 5.74) is 2.10. The fourth-order valence-corrected chi connectivity index (χ4v) is 2.20. The summed E-state index contributed by atoms with van der Waals surface area (Å²) in [5.74, 6) is -0.140. The summed E-state index contributed by atoms with van der Waals surface area (Å²) in [7, 11) is 1.50. The molecule has 0 aliphatic carbocycles. The number of methoxy groups -OCH3 is 1. The van der Waals surface area contributed by atoms with Crippen molar-refractivity contribution in [1.82, 2.24) is 25.6 Å². The Morgan fingerprint density at radius 3 is 2.44 bits per heavy atom. The second-order valence-corrected chi connectivity index (χ2v) is 5.23. The molecule has 0 unspecified atom stereocenters. The van der Waals surface area contributed by atoms with Gasteiger partial charge in [-0.15, -0.1) is 5.10 Å². The van der Waals surface area contributed by atoms with Gasteiger partial charge in [0, 0.05) is 30.3 Å². The van der Waals surface area contributed by atoms with Crippen molar-refractivity contribution in [3.8, 4) is 17.0 Å². The van der Waals surface area contributed by atoms with Crippen molar-refractivity contribution in [2.75, 3.05) is 17.7 Å². The van der Waals surface area contributed by atoms with Crippen LogP contribution in [0.25, 0.3) is 11.3 Å². The van der Waals surface area contributed by atoms with E-state index in [0.717, 1.165) is 5.56 Å². The minimum atomic E-state index is -0.499. The first-order valence-corrected chi connectivity index (χ1v) is 7.54. The van der Waals surface area contributed by atoms with E-state index in [4.69, 9.17) is 4.74 Å². The summed E-state index contributed by atoms with van der Waals surface area (Å²) in [4.78, 5) is 27.8. The summed E-state index contributed by atoms with van der Waals surface area (Å²) in [5, 5.41) is 18.1. The Balaban J connectivity index is 0.00000261. The molecule has 132 valence electrons. The Bertz CT molecular complexity index is 930. The maximum atomic E-state index is 12.3. The van der Waals surface area contributed by atoms with Crippen LogP contribution in [-0.4, -0.2) is 44.5 Å². The van der Waals surface area contributed by atoms with Crippen molar-refractivity contribution in [3.05, 3.63) is 42.1 Å². The van der Waals surface area contributed by atoms with Crippen molar-refractivity contribution < 1.29 is 43.9 Å². The van der Waals surface area contributed by atoms with Gasteiger partial charge in [-0.2, -0.15) is 5.21 Å². The smallest absolute Gasteiger partial charge is 0.497 e. The number of aromatic nitrogens is 5. The molecule has 27 heavy (non-hydrogen) atoms. The van der Waals surface area contributed by atoms with Gasteiger partial charge in [0.05, 0.1) is 12.8 Å². The average Bonchev–Trinajstić information content (AvgIpc) is 3.14. The second-order valence-electron chi connectivity index (χ2n) is 5.23. The summed E-state index contributed by atoms with van der Waals surface area (Å²) in [6.07, 6.45) is 0. The predicted molar refractivity (Wildman–Crippen MR) is 92.7 cm³/mol. The van der Waals surface area contributed by atoms with E-state index in [1.807, 2.05) is 0 Å². The number of H-pyrrole nitrogens is 1. The van der Waals surface area contributed by atoms with Gasteiger partial charge in [-0.1, -0.05) is 17.2 Å². The number of carbonyl (C=O) groups excluding carboxylic acids is 2. The first-order valence-electron chi connectivity index (χ1n) is 7.54. The minimum absolute atomic E-state index is 0. The van der Waals surface area contributed by atoms with Crippen LogP contribution in [0.1, 0.15) is 17.4 Å². The van der Waals surface area contributed by atoms with Gasteiger partial charge in [0.25, 0.3) is 11.9 Å². The number of rotatable bonds is 5. The van der Waals surface area contributed by atoms with E-state index >= 15 is 0 Å². The Labute approximate surface area is 176 Å². The standard InChI is InChI=1S/C16H15N7O3.Na/c1-9(24)17-11-5-3-10(4-6-11)13-7-12(26-2)8-14(18-13)15(25)19-16-20-22-23-21-16;/h3-8H,1-2H3,(H,17,24)(H2,19,20,21,22,23,25);/q;+1. The Morgan fingerprint density at radius 1 is 1.11 bits per heavy atom. The number of hydrogen-bond acceptors (Lipinski definition) is 7. The fourth-order valence-electron chi connectivity index (χ4n) is 2.20. The van der Waals surface area contributed by atoms with Crippen LogP contribution < -0.4 is 44.9 Å². The van der Waals surface area contributed by atoms with Crippen LogP contribution in [0.2, 0.25) is 0 Å². The van der Waals surface area contributed by atoms with Crippen LogP contribution in [0.4, 0.5) is 11.6 Å². The third kappa shape index (κ3) is 5.33. The maximum absolute atomic E-state index is 12.3. The predicted octanol–water partition coefficient (Wildman–Crippen LogP) is -1.51. The van der Waals surface area contributed by atoms with E-state index in [2.05, 4.69) is 36.2 Å². The molecule has 0 radical (unpaired) electrons. The van der Waals surface area contributed by atoms with Gasteiger partial charge >= 0.3 is 29.6 Å². The van der Waals surface area contributed by atoms with Gasteiger partial charge in [-0.05, 0) is 17.3 Å². The van der Waals surface area contributed by atoms with Gasteiger partial charge in [0.1, 0.15) is 11.4 Å². The van der Waals surface area contributed by atoms with Crippen molar-refractivity contribution >= 4 is 23.5 Å². The number of nitrogens with zero attached hydrogens (tertiary/aromatic N) is 4. The molecule has 11 heteroatoms. The van der Waals surface area contributed by atoms with Crippen LogP contribution in [0.15, 0.2) is 36.4 Å². The quantitative estimate of drug-likeness (QED) is 0.461. The summed E-state index contributed by atoms with van der Waals surface area (Å²) in [6.45, 7) is 1.44. The number of benzene rings is 1. The van der Waals surface area contributed by atoms with Gasteiger partial charge in [0.15, 0.2) is 0 Å². The van der Waals surface area contributed by atoms with Gasteiger partial charge in [-0.3, -0.25) is 14.9 Å². The first kappa shape index (κ1) is 20.5. The third-order valence-corrected chi connectivity index (χ3v) is 3.34. The number of anilines is 2. The number of tetrazole rings is 1. The SMILES string of the molecule is COc1cc(C(=O)Nc2nn[nH]n2)nc(-c2ccc(NC(C)=O)cc2)c1.[Na+]. The molecule has 2 aromatic heterocycles. The van der Waals surface area contributed by atoms with Crippen LogP contribution in [-0.2, 0) is 4.79 Å². The molecule has 2 amide bonds. The number of pyridine rings is 1. The number of ether oxygens (including phenoxy) is 1. The molecule has 0 aliphatic heterocycles. The molecule has 3 rings (SSSR count). The van der Waals surface area contributed by atoms with Crippen molar-refractivity contribution in [2.45, 2.75) is 6.92 Å². The molecule has 2 heterocycles. The number of carbonyl (C=O) groups is 2. The summed E-state index contributed by atoms with van der Waals surface area (Å²) >= 11 is 0. The molecule has 1 aromatic carbocycles. The zero-order valence-electron chi connectivity index (χ0n) is 15.0. The Morgan fingerprint density at radius 2 is 1.85 bits per heavy atom. The van der Waals surface area contributed by atoms with E-state index in [-0.39, 0.29) is 47.1 Å². The molecule has 0 aliphatic rings. The third-order valence-electron chi connectivity index (χ3n) is 3.34. The Hall–Kier alpha value is -2.82. The number of hydrogen-bond donors (Lipinski definition) is 3.